The fourth-order valence-corrected chi connectivity index (χ4v) is 3.60. The Morgan fingerprint density at radius 1 is 1.29 bits per heavy atom. The van der Waals surface area contributed by atoms with E-state index in [1.54, 1.807) is 0 Å². The van der Waals surface area contributed by atoms with Gasteiger partial charge < -0.3 is 9.47 Å². The zero-order valence-electron chi connectivity index (χ0n) is 13.1. The molecule has 2 aromatic rings. The molecule has 116 valence electrons. The highest BCUT2D eigenvalue weighted by molar-refractivity contribution is 6.17. The SMILES string of the molecule is Cc1nn(C)c2c1nc(CCCl)n2CC1CCCCN1C. The van der Waals surface area contributed by atoms with E-state index in [-0.39, 0.29) is 0 Å². The van der Waals surface area contributed by atoms with Crippen LogP contribution in [0.2, 0.25) is 0 Å². The Balaban J connectivity index is 2.00. The van der Waals surface area contributed by atoms with Crippen molar-refractivity contribution < 1.29 is 0 Å². The van der Waals surface area contributed by atoms with Crippen LogP contribution in [0.3, 0.4) is 0 Å². The Labute approximate surface area is 130 Å². The third-order valence-electron chi connectivity index (χ3n) is 4.60. The van der Waals surface area contributed by atoms with Gasteiger partial charge in [0.05, 0.1) is 5.69 Å². The number of hydrogen-bond donors (Lipinski definition) is 0. The number of fused-ring (bicyclic) bond motifs is 1. The van der Waals surface area contributed by atoms with E-state index in [1.165, 1.54) is 25.8 Å². The van der Waals surface area contributed by atoms with Crippen molar-refractivity contribution in [1.29, 1.82) is 0 Å². The van der Waals surface area contributed by atoms with E-state index < -0.39 is 0 Å². The van der Waals surface area contributed by atoms with Gasteiger partial charge in [0.15, 0.2) is 5.65 Å². The van der Waals surface area contributed by atoms with Crippen LogP contribution in [-0.4, -0.2) is 49.7 Å². The normalized spacial score (nSPS) is 20.5. The van der Waals surface area contributed by atoms with Crippen LogP contribution in [0.1, 0.15) is 30.8 Å². The van der Waals surface area contributed by atoms with Gasteiger partial charge in [-0.3, -0.25) is 4.68 Å². The fraction of sp³-hybridized carbons (Fsp3) is 0.733. The van der Waals surface area contributed by atoms with Crippen molar-refractivity contribution in [3.63, 3.8) is 0 Å². The fourth-order valence-electron chi connectivity index (χ4n) is 3.43. The van der Waals surface area contributed by atoms with Crippen LogP contribution in [0.25, 0.3) is 11.2 Å². The topological polar surface area (TPSA) is 38.9 Å². The van der Waals surface area contributed by atoms with Crippen molar-refractivity contribution in [2.75, 3.05) is 19.5 Å². The summed E-state index contributed by atoms with van der Waals surface area (Å²) in [6.45, 7) is 4.20. The number of aromatic nitrogens is 4. The molecule has 0 amide bonds. The van der Waals surface area contributed by atoms with Gasteiger partial charge in [0.1, 0.15) is 11.3 Å². The van der Waals surface area contributed by atoms with Gasteiger partial charge in [-0.2, -0.15) is 5.10 Å². The molecule has 0 radical (unpaired) electrons. The predicted molar refractivity (Wildman–Crippen MR) is 85.9 cm³/mol. The summed E-state index contributed by atoms with van der Waals surface area (Å²) in [5.41, 5.74) is 3.15. The molecule has 3 heterocycles. The van der Waals surface area contributed by atoms with Crippen LogP contribution >= 0.6 is 11.6 Å². The summed E-state index contributed by atoms with van der Waals surface area (Å²) < 4.78 is 4.29. The molecular formula is C15H24ClN5. The molecule has 1 aliphatic heterocycles. The predicted octanol–water partition coefficient (Wildman–Crippen LogP) is 2.34. The molecule has 1 aliphatic rings. The molecule has 3 rings (SSSR count). The first-order chi connectivity index (χ1) is 10.1. The molecule has 0 N–H and O–H groups in total. The largest absolute Gasteiger partial charge is 0.311 e. The maximum Gasteiger partial charge on any atom is 0.158 e. The molecular weight excluding hydrogens is 286 g/mol. The number of halogens is 1. The maximum atomic E-state index is 5.97. The van der Waals surface area contributed by atoms with E-state index >= 15 is 0 Å². The van der Waals surface area contributed by atoms with Crippen LogP contribution < -0.4 is 0 Å². The lowest BCUT2D eigenvalue weighted by Gasteiger charge is -2.33. The second-order valence-corrected chi connectivity index (χ2v) is 6.47. The molecule has 1 unspecified atom stereocenters. The van der Waals surface area contributed by atoms with Gasteiger partial charge >= 0.3 is 0 Å². The Kier molecular flexibility index (Phi) is 4.22. The number of nitrogens with zero attached hydrogens (tertiary/aromatic N) is 5. The Hall–Kier alpha value is -1.07. The third-order valence-corrected chi connectivity index (χ3v) is 4.79. The van der Waals surface area contributed by atoms with Crippen molar-refractivity contribution in [2.24, 2.45) is 7.05 Å². The standard InChI is InChI=1S/C15H24ClN5/c1-11-14-15(20(3)18-11)21(13(17-14)7-8-16)10-12-6-4-5-9-19(12)2/h12H,4-10H2,1-3H3. The molecule has 0 saturated carbocycles. The van der Waals surface area contributed by atoms with Crippen molar-refractivity contribution in [1.82, 2.24) is 24.2 Å². The van der Waals surface area contributed by atoms with Gasteiger partial charge in [0.2, 0.25) is 0 Å². The molecule has 6 heteroatoms. The Bertz CT molecular complexity index is 630. The van der Waals surface area contributed by atoms with Gasteiger partial charge in [-0.1, -0.05) is 6.42 Å². The first-order valence-corrected chi connectivity index (χ1v) is 8.30. The average Bonchev–Trinajstić information content (AvgIpc) is 2.93. The highest BCUT2D eigenvalue weighted by Gasteiger charge is 2.23. The summed E-state index contributed by atoms with van der Waals surface area (Å²) in [5, 5.41) is 4.51. The molecule has 0 aromatic carbocycles. The molecule has 5 nitrogen and oxygen atoms in total. The van der Waals surface area contributed by atoms with Gasteiger partial charge in [-0.15, -0.1) is 11.6 Å². The van der Waals surface area contributed by atoms with E-state index in [2.05, 4.69) is 21.6 Å². The number of likely N-dealkylation sites (tertiary alicyclic amines) is 1. The molecule has 1 atom stereocenters. The van der Waals surface area contributed by atoms with Crippen LogP contribution in [0.5, 0.6) is 0 Å². The molecule has 21 heavy (non-hydrogen) atoms. The van der Waals surface area contributed by atoms with Gasteiger partial charge in [0.25, 0.3) is 0 Å². The van der Waals surface area contributed by atoms with E-state index in [0.29, 0.717) is 11.9 Å². The molecule has 1 saturated heterocycles. The molecule has 0 aliphatic carbocycles. The first kappa shape index (κ1) is 14.9. The summed E-state index contributed by atoms with van der Waals surface area (Å²) in [5.74, 6) is 1.70. The highest BCUT2D eigenvalue weighted by atomic mass is 35.5. The molecule has 0 bridgehead atoms. The third kappa shape index (κ3) is 2.69. The van der Waals surface area contributed by atoms with Crippen LogP contribution in [-0.2, 0) is 20.0 Å². The van der Waals surface area contributed by atoms with Crippen LogP contribution in [0.4, 0.5) is 0 Å². The van der Waals surface area contributed by atoms with Gasteiger partial charge in [-0.25, -0.2) is 4.98 Å². The number of aryl methyl sites for hydroxylation is 3. The van der Waals surface area contributed by atoms with Gasteiger partial charge in [0, 0.05) is 31.9 Å². The number of imidazole rings is 1. The zero-order valence-corrected chi connectivity index (χ0v) is 13.9. The highest BCUT2D eigenvalue weighted by Crippen LogP contribution is 2.23. The van der Waals surface area contributed by atoms with E-state index in [0.717, 1.165) is 35.6 Å². The van der Waals surface area contributed by atoms with Crippen LogP contribution in [0.15, 0.2) is 0 Å². The number of piperidine rings is 1. The average molecular weight is 310 g/mol. The van der Waals surface area contributed by atoms with Crippen molar-refractivity contribution in [2.45, 2.75) is 45.2 Å². The minimum absolute atomic E-state index is 0.584. The van der Waals surface area contributed by atoms with Crippen molar-refractivity contribution >= 4 is 22.8 Å². The monoisotopic (exact) mass is 309 g/mol. The van der Waals surface area contributed by atoms with Crippen molar-refractivity contribution in [3.05, 3.63) is 11.5 Å². The first-order valence-electron chi connectivity index (χ1n) is 7.76. The quantitative estimate of drug-likeness (QED) is 0.814. The van der Waals surface area contributed by atoms with E-state index in [4.69, 9.17) is 16.6 Å². The number of hydrogen-bond acceptors (Lipinski definition) is 3. The number of likely N-dealkylation sites (N-methyl/N-ethyl adjacent to an activating group) is 1. The minimum atomic E-state index is 0.584. The summed E-state index contributed by atoms with van der Waals surface area (Å²) in [7, 11) is 4.23. The summed E-state index contributed by atoms with van der Waals surface area (Å²) >= 11 is 5.97. The maximum absolute atomic E-state index is 5.97. The number of alkyl halides is 1. The minimum Gasteiger partial charge on any atom is -0.311 e. The van der Waals surface area contributed by atoms with Crippen molar-refractivity contribution in [3.8, 4) is 0 Å². The second kappa shape index (κ2) is 5.97. The van der Waals surface area contributed by atoms with E-state index in [1.807, 2.05) is 18.7 Å². The molecule has 2 aromatic heterocycles. The molecule has 1 fully saturated rings. The molecule has 0 spiro atoms. The second-order valence-electron chi connectivity index (χ2n) is 6.09. The lowest BCUT2D eigenvalue weighted by Crippen LogP contribution is -2.39. The lowest BCUT2D eigenvalue weighted by atomic mass is 10.0. The Morgan fingerprint density at radius 3 is 2.81 bits per heavy atom. The zero-order chi connectivity index (χ0) is 15.0. The van der Waals surface area contributed by atoms with Gasteiger partial charge in [-0.05, 0) is 33.4 Å². The summed E-state index contributed by atoms with van der Waals surface area (Å²) in [4.78, 5) is 7.27. The van der Waals surface area contributed by atoms with E-state index in [9.17, 15) is 0 Å². The van der Waals surface area contributed by atoms with Crippen LogP contribution in [0, 0.1) is 6.92 Å². The summed E-state index contributed by atoms with van der Waals surface area (Å²) in [6.07, 6.45) is 4.70. The lowest BCUT2D eigenvalue weighted by molar-refractivity contribution is 0.167. The number of rotatable bonds is 4. The smallest absolute Gasteiger partial charge is 0.158 e. The summed E-state index contributed by atoms with van der Waals surface area (Å²) in [6, 6.07) is 0.584. The Morgan fingerprint density at radius 2 is 2.10 bits per heavy atom.